The van der Waals surface area contributed by atoms with Crippen LogP contribution >= 0.6 is 0 Å². The quantitative estimate of drug-likeness (QED) is 0.331. The summed E-state index contributed by atoms with van der Waals surface area (Å²) in [4.78, 5) is 20.3. The minimum atomic E-state index is -1.12. The van der Waals surface area contributed by atoms with Gasteiger partial charge in [-0.05, 0) is 43.8 Å². The fourth-order valence-electron chi connectivity index (χ4n) is 5.85. The summed E-state index contributed by atoms with van der Waals surface area (Å²) < 4.78 is 10.5. The largest absolute Gasteiger partial charge is 0.361 e. The van der Waals surface area contributed by atoms with Gasteiger partial charge in [0.05, 0.1) is 10.9 Å². The predicted molar refractivity (Wildman–Crippen MR) is 142 cm³/mol. The lowest BCUT2D eigenvalue weighted by Gasteiger charge is -2.41. The molecule has 4 heterocycles. The average molecular weight is 481 g/mol. The molecule has 3 aromatic rings. The van der Waals surface area contributed by atoms with Gasteiger partial charge in [0.2, 0.25) is 0 Å². The predicted octanol–water partition coefficient (Wildman–Crippen LogP) is 5.49. The number of piperidine rings is 1. The topological polar surface area (TPSA) is 52.3 Å². The van der Waals surface area contributed by atoms with Crippen molar-refractivity contribution in [1.29, 1.82) is 0 Å². The lowest BCUT2D eigenvalue weighted by molar-refractivity contribution is 0.0899. The zero-order chi connectivity index (χ0) is 23.9. The van der Waals surface area contributed by atoms with Crippen LogP contribution in [0.5, 0.6) is 0 Å². The molecule has 2 aliphatic rings. The standard InChI is InChI=1S/C27H40N4O2Si/c1-20-9-12-29(21-7-5-6-8-21)18-24(20)31-14-11-25(32)23-17-28-27-22(26(23)31)10-13-30(27)19-33-15-16-34(2,3)4/h10-11,13-14,17,20-21,24H,5-9,12,15-16,18-19H2,1-4H3/t20-,24+/m1/s1. The number of likely N-dealkylation sites (tertiary alicyclic amines) is 1. The van der Waals surface area contributed by atoms with Gasteiger partial charge in [0.1, 0.15) is 12.4 Å². The Balaban J connectivity index is 1.49. The molecule has 0 radical (unpaired) electrons. The summed E-state index contributed by atoms with van der Waals surface area (Å²) in [5.74, 6) is 0.568. The van der Waals surface area contributed by atoms with Crippen LogP contribution in [0.2, 0.25) is 25.7 Å². The van der Waals surface area contributed by atoms with Crippen LogP contribution in [-0.2, 0) is 11.5 Å². The fourth-order valence-corrected chi connectivity index (χ4v) is 6.61. The Bertz CT molecular complexity index is 1210. The fraction of sp³-hybridized carbons (Fsp3) is 0.630. The Morgan fingerprint density at radius 1 is 1.09 bits per heavy atom. The highest BCUT2D eigenvalue weighted by atomic mass is 28.3. The lowest BCUT2D eigenvalue weighted by Crippen LogP contribution is -2.45. The summed E-state index contributed by atoms with van der Waals surface area (Å²) >= 11 is 0. The molecule has 0 unspecified atom stereocenters. The smallest absolute Gasteiger partial charge is 0.190 e. The Hall–Kier alpha value is -1.96. The molecule has 1 aliphatic heterocycles. The van der Waals surface area contributed by atoms with E-state index in [1.165, 1.54) is 38.6 Å². The second-order valence-electron chi connectivity index (χ2n) is 11.7. The molecule has 0 amide bonds. The molecular weight excluding hydrogens is 440 g/mol. The molecule has 3 aromatic heterocycles. The first-order valence-electron chi connectivity index (χ1n) is 13.1. The van der Waals surface area contributed by atoms with Crippen molar-refractivity contribution in [1.82, 2.24) is 19.0 Å². The monoisotopic (exact) mass is 480 g/mol. The number of ether oxygens (including phenoxy) is 1. The Morgan fingerprint density at radius 2 is 1.88 bits per heavy atom. The summed E-state index contributed by atoms with van der Waals surface area (Å²) in [6.45, 7) is 13.0. The molecule has 1 saturated carbocycles. The van der Waals surface area contributed by atoms with Crippen LogP contribution in [0, 0.1) is 5.92 Å². The van der Waals surface area contributed by atoms with E-state index in [0.29, 0.717) is 18.7 Å². The number of fused-ring (bicyclic) bond motifs is 3. The maximum atomic E-state index is 12.8. The molecule has 0 N–H and O–H groups in total. The molecule has 1 aliphatic carbocycles. The number of aromatic nitrogens is 3. The third kappa shape index (κ3) is 4.75. The number of nitrogens with zero attached hydrogens (tertiary/aromatic N) is 4. The van der Waals surface area contributed by atoms with Crippen molar-refractivity contribution in [3.05, 3.63) is 40.9 Å². The van der Waals surface area contributed by atoms with Crippen molar-refractivity contribution >= 4 is 30.0 Å². The van der Waals surface area contributed by atoms with E-state index in [4.69, 9.17) is 9.72 Å². The molecule has 7 heteroatoms. The van der Waals surface area contributed by atoms with Gasteiger partial charge in [-0.15, -0.1) is 0 Å². The maximum Gasteiger partial charge on any atom is 0.190 e. The summed E-state index contributed by atoms with van der Waals surface area (Å²) in [7, 11) is -1.12. The van der Waals surface area contributed by atoms with Crippen LogP contribution < -0.4 is 5.43 Å². The Morgan fingerprint density at radius 3 is 2.65 bits per heavy atom. The van der Waals surface area contributed by atoms with Gasteiger partial charge in [-0.1, -0.05) is 39.4 Å². The third-order valence-electron chi connectivity index (χ3n) is 8.05. The Kier molecular flexibility index (Phi) is 6.70. The SMILES string of the molecule is C[C@@H]1CCN(C2CCCC2)C[C@@H]1n1ccc(=O)c2cnc3c(ccn3COCC[Si](C)(C)C)c21. The van der Waals surface area contributed by atoms with Gasteiger partial charge < -0.3 is 13.9 Å². The zero-order valence-corrected chi connectivity index (χ0v) is 22.3. The van der Waals surface area contributed by atoms with E-state index in [-0.39, 0.29) is 5.43 Å². The number of hydrogen-bond acceptors (Lipinski definition) is 4. The van der Waals surface area contributed by atoms with E-state index in [2.05, 4.69) is 52.9 Å². The average Bonchev–Trinajstić information content (AvgIpc) is 3.47. The van der Waals surface area contributed by atoms with Crippen molar-refractivity contribution in [2.45, 2.75) is 83.5 Å². The highest BCUT2D eigenvalue weighted by molar-refractivity contribution is 6.76. The van der Waals surface area contributed by atoms with Crippen molar-refractivity contribution in [3.63, 3.8) is 0 Å². The minimum absolute atomic E-state index is 0.0518. The van der Waals surface area contributed by atoms with Gasteiger partial charge in [0, 0.05) is 63.4 Å². The number of hydrogen-bond donors (Lipinski definition) is 0. The first kappa shape index (κ1) is 23.8. The third-order valence-corrected chi connectivity index (χ3v) is 9.75. The molecule has 184 valence electrons. The molecule has 5 rings (SSSR count). The van der Waals surface area contributed by atoms with Gasteiger partial charge in [0.25, 0.3) is 0 Å². The molecule has 6 nitrogen and oxygen atoms in total. The lowest BCUT2D eigenvalue weighted by atomic mass is 9.91. The van der Waals surface area contributed by atoms with E-state index >= 15 is 0 Å². The van der Waals surface area contributed by atoms with Gasteiger partial charge >= 0.3 is 0 Å². The van der Waals surface area contributed by atoms with Crippen LogP contribution in [0.25, 0.3) is 21.9 Å². The Labute approximate surface area is 203 Å². The van der Waals surface area contributed by atoms with Crippen molar-refractivity contribution in [3.8, 4) is 0 Å². The molecular formula is C27H40N4O2Si. The first-order valence-corrected chi connectivity index (χ1v) is 16.8. The highest BCUT2D eigenvalue weighted by Gasteiger charge is 2.33. The van der Waals surface area contributed by atoms with Gasteiger partial charge in [-0.2, -0.15) is 0 Å². The van der Waals surface area contributed by atoms with Crippen LogP contribution in [0.1, 0.15) is 45.1 Å². The van der Waals surface area contributed by atoms with E-state index in [0.717, 1.165) is 47.2 Å². The van der Waals surface area contributed by atoms with Crippen LogP contribution in [0.15, 0.2) is 35.5 Å². The minimum Gasteiger partial charge on any atom is -0.361 e. The molecule has 34 heavy (non-hydrogen) atoms. The number of pyridine rings is 2. The van der Waals surface area contributed by atoms with Crippen LogP contribution in [0.4, 0.5) is 0 Å². The second-order valence-corrected chi connectivity index (χ2v) is 17.4. The summed E-state index contributed by atoms with van der Waals surface area (Å²) in [6.07, 6.45) is 12.5. The summed E-state index contributed by atoms with van der Waals surface area (Å²) in [6, 6.07) is 6.09. The molecule has 2 fully saturated rings. The molecule has 0 bridgehead atoms. The van der Waals surface area contributed by atoms with Crippen molar-refractivity contribution < 1.29 is 4.74 Å². The summed E-state index contributed by atoms with van der Waals surface area (Å²) in [5, 5.41) is 1.77. The van der Waals surface area contributed by atoms with Gasteiger partial charge in [-0.3, -0.25) is 9.69 Å². The van der Waals surface area contributed by atoms with Gasteiger partial charge in [0.15, 0.2) is 5.43 Å². The molecule has 0 aromatic carbocycles. The normalized spacial score (nSPS) is 22.8. The highest BCUT2D eigenvalue weighted by Crippen LogP contribution is 2.35. The van der Waals surface area contributed by atoms with Crippen LogP contribution in [0.3, 0.4) is 0 Å². The van der Waals surface area contributed by atoms with Crippen molar-refractivity contribution in [2.24, 2.45) is 5.92 Å². The van der Waals surface area contributed by atoms with Crippen LogP contribution in [-0.4, -0.2) is 52.8 Å². The molecule has 1 saturated heterocycles. The van der Waals surface area contributed by atoms with E-state index in [1.807, 2.05) is 6.20 Å². The number of rotatable bonds is 7. The molecule has 0 spiro atoms. The summed E-state index contributed by atoms with van der Waals surface area (Å²) in [5.41, 5.74) is 1.98. The maximum absolute atomic E-state index is 12.8. The second kappa shape index (κ2) is 9.59. The molecule has 2 atom stereocenters. The van der Waals surface area contributed by atoms with Crippen molar-refractivity contribution in [2.75, 3.05) is 19.7 Å². The van der Waals surface area contributed by atoms with E-state index in [9.17, 15) is 4.79 Å². The van der Waals surface area contributed by atoms with E-state index in [1.54, 1.807) is 12.3 Å². The van der Waals surface area contributed by atoms with Gasteiger partial charge in [-0.25, -0.2) is 4.98 Å². The zero-order valence-electron chi connectivity index (χ0n) is 21.3. The first-order chi connectivity index (χ1) is 16.3. The van der Waals surface area contributed by atoms with E-state index < -0.39 is 8.07 Å².